The first-order chi connectivity index (χ1) is 9.92. The Balaban J connectivity index is 2.59. The highest BCUT2D eigenvalue weighted by atomic mass is 16.4. The molecule has 1 aromatic rings. The molecule has 112 valence electrons. The van der Waals surface area contributed by atoms with Crippen molar-refractivity contribution in [1.82, 2.24) is 5.32 Å². The van der Waals surface area contributed by atoms with Gasteiger partial charge in [0.25, 0.3) is 0 Å². The van der Waals surface area contributed by atoms with E-state index >= 15 is 0 Å². The van der Waals surface area contributed by atoms with Gasteiger partial charge >= 0.3 is 12.0 Å². The van der Waals surface area contributed by atoms with E-state index in [9.17, 15) is 9.59 Å². The summed E-state index contributed by atoms with van der Waals surface area (Å²) in [6, 6.07) is 7.38. The van der Waals surface area contributed by atoms with Gasteiger partial charge in [0.15, 0.2) is 0 Å². The summed E-state index contributed by atoms with van der Waals surface area (Å²) in [5.41, 5.74) is 1.40. The highest BCUT2D eigenvalue weighted by Gasteiger charge is 2.20. The number of rotatable bonds is 6. The van der Waals surface area contributed by atoms with Gasteiger partial charge in [-0.2, -0.15) is 5.26 Å². The van der Waals surface area contributed by atoms with Crippen molar-refractivity contribution in [3.8, 4) is 6.07 Å². The number of anilines is 1. The van der Waals surface area contributed by atoms with Gasteiger partial charge in [-0.1, -0.05) is 26.0 Å². The Kier molecular flexibility index (Phi) is 6.21. The largest absolute Gasteiger partial charge is 0.480 e. The maximum absolute atomic E-state index is 11.8. The number of nitrogens with zero attached hydrogens (tertiary/aromatic N) is 1. The molecule has 0 aliphatic heterocycles. The zero-order chi connectivity index (χ0) is 15.8. The molecule has 6 nitrogen and oxygen atoms in total. The summed E-state index contributed by atoms with van der Waals surface area (Å²) in [5.74, 6) is -0.889. The normalized spacial score (nSPS) is 11.5. The molecule has 0 aliphatic rings. The van der Waals surface area contributed by atoms with Crippen LogP contribution in [0.5, 0.6) is 0 Å². The van der Waals surface area contributed by atoms with Crippen LogP contribution in [-0.4, -0.2) is 23.1 Å². The van der Waals surface area contributed by atoms with Crippen molar-refractivity contribution in [3.05, 3.63) is 29.8 Å². The fraction of sp³-hybridized carbons (Fsp3) is 0.400. The van der Waals surface area contributed by atoms with Gasteiger partial charge in [-0.3, -0.25) is 0 Å². The number of benzene rings is 1. The van der Waals surface area contributed by atoms with Crippen molar-refractivity contribution >= 4 is 17.7 Å². The Morgan fingerprint density at radius 2 is 1.90 bits per heavy atom. The van der Waals surface area contributed by atoms with E-state index in [2.05, 4.69) is 10.6 Å². The van der Waals surface area contributed by atoms with Crippen molar-refractivity contribution in [1.29, 1.82) is 5.26 Å². The van der Waals surface area contributed by atoms with Crippen LogP contribution in [0.1, 0.15) is 25.8 Å². The minimum atomic E-state index is -1.05. The van der Waals surface area contributed by atoms with Gasteiger partial charge in [0.2, 0.25) is 0 Å². The predicted octanol–water partition coefficient (Wildman–Crippen LogP) is 2.37. The fourth-order valence-electron chi connectivity index (χ4n) is 1.82. The number of amides is 2. The van der Waals surface area contributed by atoms with Crippen molar-refractivity contribution < 1.29 is 14.7 Å². The Morgan fingerprint density at radius 1 is 1.29 bits per heavy atom. The summed E-state index contributed by atoms with van der Waals surface area (Å²) in [7, 11) is 0. The number of carbonyl (C=O) groups excluding carboxylic acids is 1. The molecule has 0 radical (unpaired) electrons. The molecule has 0 bridgehead atoms. The molecule has 0 fully saturated rings. The topological polar surface area (TPSA) is 102 Å². The third-order valence-electron chi connectivity index (χ3n) is 2.81. The number of carboxylic acid groups (broad SMARTS) is 1. The molecular weight excluding hydrogens is 270 g/mol. The van der Waals surface area contributed by atoms with Crippen LogP contribution in [0.15, 0.2) is 24.3 Å². The summed E-state index contributed by atoms with van der Waals surface area (Å²) >= 11 is 0. The number of hydrogen-bond donors (Lipinski definition) is 3. The van der Waals surface area contributed by atoms with E-state index in [-0.39, 0.29) is 5.92 Å². The lowest BCUT2D eigenvalue weighted by Crippen LogP contribution is -2.43. The van der Waals surface area contributed by atoms with Gasteiger partial charge in [-0.25, -0.2) is 9.59 Å². The second-order valence-electron chi connectivity index (χ2n) is 5.15. The molecule has 0 saturated carbocycles. The molecule has 0 heterocycles. The Hall–Kier alpha value is -2.55. The summed E-state index contributed by atoms with van der Waals surface area (Å²) in [6.45, 7) is 3.78. The Morgan fingerprint density at radius 3 is 2.38 bits per heavy atom. The summed E-state index contributed by atoms with van der Waals surface area (Å²) in [5, 5.41) is 22.6. The van der Waals surface area contributed by atoms with Crippen LogP contribution in [0.2, 0.25) is 0 Å². The summed E-state index contributed by atoms with van der Waals surface area (Å²) < 4.78 is 0. The summed E-state index contributed by atoms with van der Waals surface area (Å²) in [6.07, 6.45) is 0.672. The van der Waals surface area contributed by atoms with E-state index in [1.54, 1.807) is 24.3 Å². The third-order valence-corrected chi connectivity index (χ3v) is 2.81. The quantitative estimate of drug-likeness (QED) is 0.748. The first kappa shape index (κ1) is 16.5. The van der Waals surface area contributed by atoms with Crippen molar-refractivity contribution in [3.63, 3.8) is 0 Å². The second-order valence-corrected chi connectivity index (χ2v) is 5.15. The van der Waals surface area contributed by atoms with Gasteiger partial charge in [-0.05, 0) is 30.0 Å². The molecule has 1 atom stereocenters. The maximum Gasteiger partial charge on any atom is 0.326 e. The van der Waals surface area contributed by atoms with Crippen LogP contribution < -0.4 is 10.6 Å². The molecule has 2 amide bonds. The van der Waals surface area contributed by atoms with Crippen LogP contribution >= 0.6 is 0 Å². The van der Waals surface area contributed by atoms with Gasteiger partial charge in [0.05, 0.1) is 12.5 Å². The van der Waals surface area contributed by atoms with Crippen molar-refractivity contribution in [2.24, 2.45) is 5.92 Å². The standard InChI is InChI=1S/C15H19N3O3/c1-10(2)9-13(14(19)20)18-15(21)17-12-5-3-11(4-6-12)7-8-16/h3-6,10,13H,7,9H2,1-2H3,(H,19,20)(H2,17,18,21). The monoisotopic (exact) mass is 289 g/mol. The maximum atomic E-state index is 11.8. The lowest BCUT2D eigenvalue weighted by Gasteiger charge is -2.17. The van der Waals surface area contributed by atoms with E-state index in [0.717, 1.165) is 5.56 Å². The molecule has 0 aromatic heterocycles. The lowest BCUT2D eigenvalue weighted by atomic mass is 10.0. The minimum Gasteiger partial charge on any atom is -0.480 e. The van der Waals surface area contributed by atoms with E-state index in [0.29, 0.717) is 18.5 Å². The molecule has 0 aliphatic carbocycles. The number of nitriles is 1. The van der Waals surface area contributed by atoms with E-state index < -0.39 is 18.0 Å². The molecule has 0 saturated heterocycles. The van der Waals surface area contributed by atoms with Crippen LogP contribution in [0, 0.1) is 17.2 Å². The first-order valence-electron chi connectivity index (χ1n) is 6.68. The average molecular weight is 289 g/mol. The molecule has 1 aromatic carbocycles. The number of urea groups is 1. The van der Waals surface area contributed by atoms with Crippen LogP contribution in [-0.2, 0) is 11.2 Å². The zero-order valence-corrected chi connectivity index (χ0v) is 12.1. The van der Waals surface area contributed by atoms with E-state index in [1.165, 1.54) is 0 Å². The van der Waals surface area contributed by atoms with Gasteiger partial charge in [0.1, 0.15) is 6.04 Å². The highest BCUT2D eigenvalue weighted by Crippen LogP contribution is 2.10. The summed E-state index contributed by atoms with van der Waals surface area (Å²) in [4.78, 5) is 22.8. The molecular formula is C15H19N3O3. The smallest absolute Gasteiger partial charge is 0.326 e. The van der Waals surface area contributed by atoms with Crippen molar-refractivity contribution in [2.45, 2.75) is 32.7 Å². The lowest BCUT2D eigenvalue weighted by molar-refractivity contribution is -0.139. The van der Waals surface area contributed by atoms with Gasteiger partial charge in [0, 0.05) is 5.69 Å². The average Bonchev–Trinajstić information content (AvgIpc) is 2.40. The molecule has 0 spiro atoms. The van der Waals surface area contributed by atoms with Crippen LogP contribution in [0.4, 0.5) is 10.5 Å². The Labute approximate surface area is 123 Å². The van der Waals surface area contributed by atoms with Crippen LogP contribution in [0.3, 0.4) is 0 Å². The number of carboxylic acids is 1. The predicted molar refractivity (Wildman–Crippen MR) is 78.8 cm³/mol. The highest BCUT2D eigenvalue weighted by molar-refractivity contribution is 5.92. The van der Waals surface area contributed by atoms with Gasteiger partial charge in [-0.15, -0.1) is 0 Å². The second kappa shape index (κ2) is 7.90. The Bertz CT molecular complexity index is 532. The molecule has 21 heavy (non-hydrogen) atoms. The number of carbonyl (C=O) groups is 2. The molecule has 3 N–H and O–H groups in total. The molecule has 6 heteroatoms. The molecule has 1 rings (SSSR count). The number of aliphatic carboxylic acids is 1. The van der Waals surface area contributed by atoms with E-state index in [1.807, 2.05) is 19.9 Å². The van der Waals surface area contributed by atoms with E-state index in [4.69, 9.17) is 10.4 Å². The van der Waals surface area contributed by atoms with Crippen LogP contribution in [0.25, 0.3) is 0 Å². The first-order valence-corrected chi connectivity index (χ1v) is 6.68. The zero-order valence-electron chi connectivity index (χ0n) is 12.1. The van der Waals surface area contributed by atoms with Gasteiger partial charge < -0.3 is 15.7 Å². The third kappa shape index (κ3) is 5.95. The van der Waals surface area contributed by atoms with Crippen molar-refractivity contribution in [2.75, 3.05) is 5.32 Å². The molecule has 1 unspecified atom stereocenters. The number of hydrogen-bond acceptors (Lipinski definition) is 3. The SMILES string of the molecule is CC(C)CC(NC(=O)Nc1ccc(CC#N)cc1)C(=O)O. The number of nitrogens with one attached hydrogen (secondary N) is 2. The minimum absolute atomic E-state index is 0.164. The fourth-order valence-corrected chi connectivity index (χ4v) is 1.82.